The Bertz CT molecular complexity index is 1370. The Hall–Kier alpha value is -4.67. The second kappa shape index (κ2) is 10.8. The van der Waals surface area contributed by atoms with E-state index in [-0.39, 0.29) is 49.2 Å². The zero-order valence-electron chi connectivity index (χ0n) is 20.5. The maximum absolute atomic E-state index is 14.3. The molecule has 3 amide bonds. The van der Waals surface area contributed by atoms with Gasteiger partial charge < -0.3 is 29.7 Å². The third kappa shape index (κ3) is 5.36. The number of hydrogen-bond acceptors (Lipinski definition) is 7. The molecule has 3 aromatic rings. The molecule has 0 aliphatic carbocycles. The standard InChI is InChI=1S/C27H25FN4O6/c1-36-21-9-6-17-11-22(21)37-15-24(33)30-12-16-4-7-18(8-5-16)38-23-14-32(13-20(23)31-26(17)34)27(35)25-19(28)3-2-10-29-25/h2-11,20,23H,12-15H2,1H3,(H,30,33)(H,31,34)/t20-,23-/m0/s1. The van der Waals surface area contributed by atoms with Crippen molar-refractivity contribution in [2.75, 3.05) is 26.8 Å². The first-order chi connectivity index (χ1) is 18.4. The number of benzene rings is 2. The van der Waals surface area contributed by atoms with Gasteiger partial charge in [0, 0.05) is 24.8 Å². The summed E-state index contributed by atoms with van der Waals surface area (Å²) in [5.74, 6) is -1.00. The summed E-state index contributed by atoms with van der Waals surface area (Å²) in [6, 6.07) is 13.7. The van der Waals surface area contributed by atoms with Crippen molar-refractivity contribution in [1.29, 1.82) is 0 Å². The first kappa shape index (κ1) is 25.0. The van der Waals surface area contributed by atoms with Crippen LogP contribution in [0.4, 0.5) is 4.39 Å². The minimum Gasteiger partial charge on any atom is -0.493 e. The van der Waals surface area contributed by atoms with E-state index in [0.717, 1.165) is 5.56 Å². The first-order valence-electron chi connectivity index (χ1n) is 11.9. The summed E-state index contributed by atoms with van der Waals surface area (Å²) < 4.78 is 31.4. The zero-order valence-corrected chi connectivity index (χ0v) is 20.5. The monoisotopic (exact) mass is 520 g/mol. The number of methoxy groups -OCH3 is 1. The summed E-state index contributed by atoms with van der Waals surface area (Å²) in [6.07, 6.45) is 0.729. The van der Waals surface area contributed by atoms with Crippen LogP contribution in [0.15, 0.2) is 60.8 Å². The van der Waals surface area contributed by atoms with Crippen LogP contribution in [0.25, 0.3) is 0 Å². The quantitative estimate of drug-likeness (QED) is 0.530. The minimum atomic E-state index is -0.725. The molecule has 2 atom stereocenters. The molecule has 1 saturated heterocycles. The van der Waals surface area contributed by atoms with Crippen molar-refractivity contribution < 1.29 is 33.0 Å². The highest BCUT2D eigenvalue weighted by Crippen LogP contribution is 2.29. The topological polar surface area (TPSA) is 119 Å². The van der Waals surface area contributed by atoms with Gasteiger partial charge in [-0.3, -0.25) is 14.4 Å². The number of likely N-dealkylation sites (tertiary alicyclic amines) is 1. The number of pyridine rings is 1. The van der Waals surface area contributed by atoms with Gasteiger partial charge in [-0.2, -0.15) is 0 Å². The predicted molar refractivity (Wildman–Crippen MR) is 133 cm³/mol. The Morgan fingerprint density at radius 2 is 1.95 bits per heavy atom. The zero-order chi connectivity index (χ0) is 26.6. The molecule has 0 unspecified atom stereocenters. The van der Waals surface area contributed by atoms with E-state index in [4.69, 9.17) is 14.2 Å². The van der Waals surface area contributed by atoms with Crippen LogP contribution in [-0.2, 0) is 11.3 Å². The molecule has 4 heterocycles. The molecule has 196 valence electrons. The second-order valence-electron chi connectivity index (χ2n) is 8.86. The van der Waals surface area contributed by atoms with Crippen molar-refractivity contribution in [1.82, 2.24) is 20.5 Å². The number of hydrogen-bond donors (Lipinski definition) is 2. The third-order valence-corrected chi connectivity index (χ3v) is 6.32. The molecule has 2 aromatic carbocycles. The van der Waals surface area contributed by atoms with E-state index in [2.05, 4.69) is 15.6 Å². The van der Waals surface area contributed by atoms with Gasteiger partial charge in [0.2, 0.25) is 0 Å². The normalized spacial score (nSPS) is 19.4. The van der Waals surface area contributed by atoms with E-state index in [0.29, 0.717) is 11.5 Å². The van der Waals surface area contributed by atoms with Gasteiger partial charge in [-0.15, -0.1) is 0 Å². The van der Waals surface area contributed by atoms with Gasteiger partial charge in [-0.25, -0.2) is 9.37 Å². The Morgan fingerprint density at radius 1 is 1.13 bits per heavy atom. The average Bonchev–Trinajstić information content (AvgIpc) is 3.32. The number of halogens is 1. The predicted octanol–water partition coefficient (Wildman–Crippen LogP) is 1.94. The molecule has 2 N–H and O–H groups in total. The highest BCUT2D eigenvalue weighted by atomic mass is 19.1. The molecule has 6 rings (SSSR count). The largest absolute Gasteiger partial charge is 0.493 e. The van der Waals surface area contributed by atoms with Gasteiger partial charge in [0.1, 0.15) is 11.9 Å². The molecule has 4 bridgehead atoms. The molecule has 38 heavy (non-hydrogen) atoms. The number of carbonyl (C=O) groups excluding carboxylic acids is 3. The van der Waals surface area contributed by atoms with Gasteiger partial charge in [0.05, 0.1) is 19.7 Å². The third-order valence-electron chi connectivity index (χ3n) is 6.32. The van der Waals surface area contributed by atoms with Crippen molar-refractivity contribution in [2.24, 2.45) is 0 Å². The van der Waals surface area contributed by atoms with Crippen LogP contribution in [0.5, 0.6) is 17.2 Å². The molecule has 1 fully saturated rings. The first-order valence-corrected chi connectivity index (χ1v) is 11.9. The van der Waals surface area contributed by atoms with E-state index in [9.17, 15) is 18.8 Å². The molecule has 11 heteroatoms. The number of rotatable bonds is 2. The summed E-state index contributed by atoms with van der Waals surface area (Å²) in [4.78, 5) is 43.9. The number of nitrogens with one attached hydrogen (secondary N) is 2. The van der Waals surface area contributed by atoms with E-state index < -0.39 is 29.8 Å². The molecular weight excluding hydrogens is 495 g/mol. The summed E-state index contributed by atoms with van der Waals surface area (Å²) in [6.45, 7) is 0.202. The molecule has 3 aliphatic rings. The maximum Gasteiger partial charge on any atom is 0.275 e. The Balaban J connectivity index is 1.45. The van der Waals surface area contributed by atoms with Crippen molar-refractivity contribution >= 4 is 17.7 Å². The van der Waals surface area contributed by atoms with Gasteiger partial charge in [0.25, 0.3) is 17.7 Å². The van der Waals surface area contributed by atoms with Crippen molar-refractivity contribution in [3.63, 3.8) is 0 Å². The molecule has 0 spiro atoms. The minimum absolute atomic E-state index is 0.0846. The maximum atomic E-state index is 14.3. The van der Waals surface area contributed by atoms with E-state index in [1.165, 1.54) is 36.4 Å². The van der Waals surface area contributed by atoms with Crippen molar-refractivity contribution in [2.45, 2.75) is 18.7 Å². The van der Waals surface area contributed by atoms with E-state index in [1.54, 1.807) is 36.4 Å². The Labute approximate surface area is 217 Å². The number of amides is 3. The second-order valence-corrected chi connectivity index (χ2v) is 8.86. The lowest BCUT2D eigenvalue weighted by Gasteiger charge is -2.21. The molecular formula is C27H25FN4O6. The highest BCUT2D eigenvalue weighted by Gasteiger charge is 2.39. The fourth-order valence-corrected chi connectivity index (χ4v) is 4.33. The molecule has 0 radical (unpaired) electrons. The molecule has 1 aromatic heterocycles. The van der Waals surface area contributed by atoms with Crippen LogP contribution < -0.4 is 24.8 Å². The lowest BCUT2D eigenvalue weighted by Crippen LogP contribution is -2.45. The van der Waals surface area contributed by atoms with E-state index >= 15 is 0 Å². The summed E-state index contributed by atoms with van der Waals surface area (Å²) in [5, 5.41) is 5.70. The average molecular weight is 521 g/mol. The number of ether oxygens (including phenoxy) is 3. The van der Waals surface area contributed by atoms with Gasteiger partial charge >= 0.3 is 0 Å². The number of fused-ring (bicyclic) bond motifs is 7. The highest BCUT2D eigenvalue weighted by molar-refractivity contribution is 5.96. The molecule has 10 nitrogen and oxygen atoms in total. The molecule has 3 aliphatic heterocycles. The van der Waals surface area contributed by atoms with Crippen LogP contribution in [-0.4, -0.2) is 66.6 Å². The SMILES string of the molecule is COc1ccc2cc1OCC(=O)NCc1ccc(cc1)O[C@H]1CN(C(=O)c3ncccc3F)C[C@@H]1NC2=O. The Morgan fingerprint density at radius 3 is 2.71 bits per heavy atom. The van der Waals surface area contributed by atoms with Gasteiger partial charge in [-0.05, 0) is 48.0 Å². The number of nitrogens with zero attached hydrogens (tertiary/aromatic N) is 2. The smallest absolute Gasteiger partial charge is 0.275 e. The van der Waals surface area contributed by atoms with Crippen LogP contribution in [0.3, 0.4) is 0 Å². The summed E-state index contributed by atoms with van der Waals surface area (Å²) >= 11 is 0. The number of carbonyl (C=O) groups is 3. The summed E-state index contributed by atoms with van der Waals surface area (Å²) in [7, 11) is 1.46. The molecule has 0 saturated carbocycles. The summed E-state index contributed by atoms with van der Waals surface area (Å²) in [5.41, 5.74) is 0.804. The Kier molecular flexibility index (Phi) is 7.07. The van der Waals surface area contributed by atoms with Crippen LogP contribution in [0, 0.1) is 5.82 Å². The van der Waals surface area contributed by atoms with Crippen LogP contribution in [0.2, 0.25) is 0 Å². The number of aromatic nitrogens is 1. The lowest BCUT2D eigenvalue weighted by atomic mass is 10.1. The fourth-order valence-electron chi connectivity index (χ4n) is 4.33. The van der Waals surface area contributed by atoms with Crippen LogP contribution >= 0.6 is 0 Å². The fraction of sp³-hybridized carbons (Fsp3) is 0.259. The van der Waals surface area contributed by atoms with Crippen molar-refractivity contribution in [3.8, 4) is 17.2 Å². The lowest BCUT2D eigenvalue weighted by molar-refractivity contribution is -0.123. The van der Waals surface area contributed by atoms with Crippen LogP contribution in [0.1, 0.15) is 26.4 Å². The van der Waals surface area contributed by atoms with Gasteiger partial charge in [-0.1, -0.05) is 12.1 Å². The van der Waals surface area contributed by atoms with Gasteiger partial charge in [0.15, 0.2) is 29.6 Å². The van der Waals surface area contributed by atoms with E-state index in [1.807, 2.05) is 0 Å². The van der Waals surface area contributed by atoms with Crippen molar-refractivity contribution in [3.05, 3.63) is 83.4 Å².